The summed E-state index contributed by atoms with van der Waals surface area (Å²) in [6.07, 6.45) is 3.04. The molecule has 2 rings (SSSR count). The van der Waals surface area contributed by atoms with Crippen LogP contribution < -0.4 is 5.73 Å². The van der Waals surface area contributed by atoms with Crippen LogP contribution in [0.15, 0.2) is 0 Å². The molecule has 0 aromatic carbocycles. The van der Waals surface area contributed by atoms with Gasteiger partial charge in [0.2, 0.25) is 0 Å². The Morgan fingerprint density at radius 2 is 1.80 bits per heavy atom. The van der Waals surface area contributed by atoms with Gasteiger partial charge in [-0.25, -0.2) is 8.42 Å². The second-order valence-corrected chi connectivity index (χ2v) is 7.33. The van der Waals surface area contributed by atoms with Crippen LogP contribution in [0.5, 0.6) is 0 Å². The molecule has 15 heavy (non-hydrogen) atoms. The Morgan fingerprint density at radius 1 is 1.27 bits per heavy atom. The van der Waals surface area contributed by atoms with Gasteiger partial charge in [0.1, 0.15) is 0 Å². The van der Waals surface area contributed by atoms with Crippen LogP contribution in [0, 0.1) is 11.8 Å². The van der Waals surface area contributed by atoms with Crippen molar-refractivity contribution >= 4 is 9.84 Å². The standard InChI is InChI=1S/C10H19NO3S/c11-5-8(6-12)7-3-9-1-2-10(4-7)15(9,13)14/h7-10,12H,1-6,11H2. The minimum Gasteiger partial charge on any atom is -0.396 e. The minimum atomic E-state index is -2.83. The lowest BCUT2D eigenvalue weighted by molar-refractivity contribution is 0.166. The van der Waals surface area contributed by atoms with Crippen molar-refractivity contribution < 1.29 is 13.5 Å². The van der Waals surface area contributed by atoms with Crippen LogP contribution in [-0.2, 0) is 9.84 Å². The summed E-state index contributed by atoms with van der Waals surface area (Å²) >= 11 is 0. The Morgan fingerprint density at radius 3 is 2.20 bits per heavy atom. The smallest absolute Gasteiger partial charge is 0.156 e. The Kier molecular flexibility index (Phi) is 3.05. The lowest BCUT2D eigenvalue weighted by Gasteiger charge is -2.32. The van der Waals surface area contributed by atoms with E-state index < -0.39 is 9.84 Å². The summed E-state index contributed by atoms with van der Waals surface area (Å²) in [5, 5.41) is 8.87. The molecule has 0 aromatic heterocycles. The molecule has 2 aliphatic heterocycles. The monoisotopic (exact) mass is 233 g/mol. The van der Waals surface area contributed by atoms with E-state index in [1.807, 2.05) is 0 Å². The summed E-state index contributed by atoms with van der Waals surface area (Å²) in [5.41, 5.74) is 5.58. The molecule has 3 N–H and O–H groups in total. The predicted octanol–water partition coefficient (Wildman–Crippen LogP) is -0.0906. The van der Waals surface area contributed by atoms with E-state index in [0.717, 1.165) is 12.8 Å². The van der Waals surface area contributed by atoms with Crippen LogP contribution in [-0.4, -0.2) is 37.2 Å². The lowest BCUT2D eigenvalue weighted by atomic mass is 9.86. The highest BCUT2D eigenvalue weighted by molar-refractivity contribution is 7.93. The third-order valence-corrected chi connectivity index (χ3v) is 6.79. The van der Waals surface area contributed by atoms with Gasteiger partial charge in [-0.05, 0) is 44.1 Å². The highest BCUT2D eigenvalue weighted by atomic mass is 32.2. The summed E-state index contributed by atoms with van der Waals surface area (Å²) in [6.45, 7) is 0.543. The molecule has 0 amide bonds. The normalized spacial score (nSPS) is 40.3. The minimum absolute atomic E-state index is 0.0840. The first-order valence-corrected chi connectivity index (χ1v) is 7.24. The quantitative estimate of drug-likeness (QED) is 0.714. The number of hydrogen-bond acceptors (Lipinski definition) is 4. The predicted molar refractivity (Wildman–Crippen MR) is 58.1 cm³/mol. The van der Waals surface area contributed by atoms with Crippen molar-refractivity contribution in [3.8, 4) is 0 Å². The van der Waals surface area contributed by atoms with E-state index in [1.165, 1.54) is 0 Å². The van der Waals surface area contributed by atoms with Crippen molar-refractivity contribution in [2.75, 3.05) is 13.2 Å². The summed E-state index contributed by atoms with van der Waals surface area (Å²) in [4.78, 5) is 0. The number of aliphatic hydroxyl groups excluding tert-OH is 1. The Labute approximate surface area is 90.8 Å². The van der Waals surface area contributed by atoms with Gasteiger partial charge in [-0.2, -0.15) is 0 Å². The molecule has 4 nitrogen and oxygen atoms in total. The van der Waals surface area contributed by atoms with Gasteiger partial charge in [-0.3, -0.25) is 0 Å². The van der Waals surface area contributed by atoms with E-state index in [0.29, 0.717) is 25.3 Å². The highest BCUT2D eigenvalue weighted by Gasteiger charge is 2.47. The first-order chi connectivity index (χ1) is 7.09. The first-order valence-electron chi connectivity index (χ1n) is 5.63. The van der Waals surface area contributed by atoms with Crippen LogP contribution in [0.25, 0.3) is 0 Å². The van der Waals surface area contributed by atoms with Crippen LogP contribution in [0.2, 0.25) is 0 Å². The number of rotatable bonds is 3. The van der Waals surface area contributed by atoms with Gasteiger partial charge in [-0.1, -0.05) is 0 Å². The topological polar surface area (TPSA) is 80.4 Å². The summed E-state index contributed by atoms with van der Waals surface area (Å²) < 4.78 is 23.7. The number of sulfone groups is 1. The second kappa shape index (κ2) is 4.03. The average Bonchev–Trinajstić information content (AvgIpc) is 2.43. The van der Waals surface area contributed by atoms with Crippen molar-refractivity contribution in [3.05, 3.63) is 0 Å². The molecule has 2 heterocycles. The van der Waals surface area contributed by atoms with E-state index in [1.54, 1.807) is 0 Å². The molecule has 3 atom stereocenters. The third-order valence-electron chi connectivity index (χ3n) is 4.08. The largest absolute Gasteiger partial charge is 0.396 e. The number of aliphatic hydroxyl groups is 1. The number of nitrogens with two attached hydrogens (primary N) is 1. The molecule has 0 aliphatic carbocycles. The molecular formula is C10H19NO3S. The maximum atomic E-state index is 11.8. The molecule has 5 heteroatoms. The van der Waals surface area contributed by atoms with Crippen LogP contribution >= 0.6 is 0 Å². The van der Waals surface area contributed by atoms with Crippen LogP contribution in [0.4, 0.5) is 0 Å². The molecule has 88 valence electrons. The van der Waals surface area contributed by atoms with Crippen LogP contribution in [0.3, 0.4) is 0 Å². The maximum Gasteiger partial charge on any atom is 0.156 e. The fraction of sp³-hybridized carbons (Fsp3) is 1.00. The van der Waals surface area contributed by atoms with Crippen molar-refractivity contribution in [1.29, 1.82) is 0 Å². The van der Waals surface area contributed by atoms with E-state index in [9.17, 15) is 13.5 Å². The maximum absolute atomic E-state index is 11.8. The summed E-state index contributed by atoms with van der Waals surface area (Å²) in [5.74, 6) is 0.393. The van der Waals surface area contributed by atoms with E-state index >= 15 is 0 Å². The van der Waals surface area contributed by atoms with Gasteiger partial charge in [0.25, 0.3) is 0 Å². The Bertz CT molecular complexity index is 304. The zero-order valence-corrected chi connectivity index (χ0v) is 9.62. The van der Waals surface area contributed by atoms with Gasteiger partial charge in [-0.15, -0.1) is 0 Å². The van der Waals surface area contributed by atoms with Gasteiger partial charge >= 0.3 is 0 Å². The van der Waals surface area contributed by atoms with Gasteiger partial charge in [0.05, 0.1) is 10.5 Å². The Balaban J connectivity index is 2.12. The number of hydrogen-bond donors (Lipinski definition) is 2. The SMILES string of the molecule is NCC(CO)C1CC2CCC(C1)S2(=O)=O. The zero-order chi connectivity index (χ0) is 11.1. The fourth-order valence-corrected chi connectivity index (χ4v) is 5.55. The molecule has 2 bridgehead atoms. The second-order valence-electron chi connectivity index (χ2n) is 4.82. The molecule has 2 fully saturated rings. The molecule has 0 saturated carbocycles. The molecule has 2 aliphatic rings. The molecule has 0 aromatic rings. The molecule has 0 spiro atoms. The van der Waals surface area contributed by atoms with Gasteiger partial charge in [0.15, 0.2) is 9.84 Å². The average molecular weight is 233 g/mol. The fourth-order valence-electron chi connectivity index (χ4n) is 3.05. The van der Waals surface area contributed by atoms with Gasteiger partial charge in [0, 0.05) is 6.61 Å². The molecule has 3 unspecified atom stereocenters. The summed E-state index contributed by atoms with van der Waals surface area (Å²) in [6, 6.07) is 0. The Hall–Kier alpha value is -0.130. The lowest BCUT2D eigenvalue weighted by Crippen LogP contribution is -2.39. The third kappa shape index (κ3) is 1.81. The van der Waals surface area contributed by atoms with Crippen molar-refractivity contribution in [3.63, 3.8) is 0 Å². The van der Waals surface area contributed by atoms with Crippen LogP contribution in [0.1, 0.15) is 25.7 Å². The van der Waals surface area contributed by atoms with Gasteiger partial charge < -0.3 is 10.8 Å². The van der Waals surface area contributed by atoms with Crippen molar-refractivity contribution in [2.24, 2.45) is 17.6 Å². The highest BCUT2D eigenvalue weighted by Crippen LogP contribution is 2.43. The van der Waals surface area contributed by atoms with Crippen molar-refractivity contribution in [1.82, 2.24) is 0 Å². The summed E-state index contributed by atoms with van der Waals surface area (Å²) in [7, 11) is -2.83. The van der Waals surface area contributed by atoms with E-state index in [-0.39, 0.29) is 23.0 Å². The molecule has 0 radical (unpaired) electrons. The molecule has 2 saturated heterocycles. The van der Waals surface area contributed by atoms with Crippen molar-refractivity contribution in [2.45, 2.75) is 36.2 Å². The molecular weight excluding hydrogens is 214 g/mol. The number of fused-ring (bicyclic) bond motifs is 2. The van der Waals surface area contributed by atoms with E-state index in [2.05, 4.69) is 0 Å². The first kappa shape index (κ1) is 11.4. The zero-order valence-electron chi connectivity index (χ0n) is 8.80. The van der Waals surface area contributed by atoms with E-state index in [4.69, 9.17) is 5.73 Å².